The lowest BCUT2D eigenvalue weighted by atomic mass is 10.1. The fraction of sp³-hybridized carbons (Fsp3) is 0.357. The van der Waals surface area contributed by atoms with Gasteiger partial charge in [0.15, 0.2) is 4.90 Å². The molecule has 34 heavy (non-hydrogen) atoms. The summed E-state index contributed by atoms with van der Waals surface area (Å²) in [7, 11) is 0. The lowest BCUT2D eigenvalue weighted by Crippen LogP contribution is -2.21. The quantitative estimate of drug-likeness (QED) is 0.101. The molecule has 1 atom stereocenters. The van der Waals surface area contributed by atoms with Crippen molar-refractivity contribution in [1.29, 1.82) is 0 Å². The van der Waals surface area contributed by atoms with E-state index < -0.39 is 17.1 Å². The van der Waals surface area contributed by atoms with Gasteiger partial charge in [0.1, 0.15) is 0 Å². The Kier molecular flexibility index (Phi) is 12.8. The number of benzene rings is 2. The van der Waals surface area contributed by atoms with E-state index in [1.54, 1.807) is 36.5 Å². The van der Waals surface area contributed by atoms with Gasteiger partial charge in [-0.25, -0.2) is 4.79 Å². The second-order valence-corrected chi connectivity index (χ2v) is 9.38. The molecule has 0 bridgehead atoms. The SMILES string of the molecule is CCCCCCCCCOC(=O)/C(=C\C=C\N(C(C)=O)c1ccccc1)[S+]([O-])c1ccccc1. The number of ether oxygens (including phenoxy) is 1. The Hall–Kier alpha value is -2.83. The zero-order chi connectivity index (χ0) is 24.6. The maximum atomic E-state index is 13.1. The number of hydrogen-bond acceptors (Lipinski definition) is 4. The van der Waals surface area contributed by atoms with Crippen LogP contribution >= 0.6 is 0 Å². The molecule has 0 aliphatic heterocycles. The highest BCUT2D eigenvalue weighted by Gasteiger charge is 2.26. The Morgan fingerprint density at radius 1 is 0.912 bits per heavy atom. The van der Waals surface area contributed by atoms with Crippen LogP contribution in [0.25, 0.3) is 0 Å². The van der Waals surface area contributed by atoms with Crippen LogP contribution in [-0.4, -0.2) is 23.0 Å². The van der Waals surface area contributed by atoms with E-state index in [0.29, 0.717) is 17.2 Å². The zero-order valence-electron chi connectivity index (χ0n) is 20.2. The smallest absolute Gasteiger partial charge is 0.387 e. The average molecular weight is 482 g/mol. The topological polar surface area (TPSA) is 69.7 Å². The van der Waals surface area contributed by atoms with Gasteiger partial charge in [0.05, 0.1) is 6.61 Å². The number of esters is 1. The standard InChI is InChI=1S/C28H35NO4S/c1-3-4-5-6-7-8-15-23-33-28(31)27(34(32)26-19-13-10-14-20-26)21-16-22-29(24(2)30)25-17-11-9-12-18-25/h9-14,16-22H,3-8,15,23H2,1-2H3/b22-16+,27-21+. The van der Waals surface area contributed by atoms with Crippen molar-refractivity contribution in [2.75, 3.05) is 11.5 Å². The highest BCUT2D eigenvalue weighted by molar-refractivity contribution is 7.96. The van der Waals surface area contributed by atoms with Gasteiger partial charge < -0.3 is 9.29 Å². The van der Waals surface area contributed by atoms with E-state index in [2.05, 4.69) is 6.92 Å². The molecule has 0 heterocycles. The molecule has 6 heteroatoms. The minimum Gasteiger partial charge on any atom is -0.606 e. The van der Waals surface area contributed by atoms with Gasteiger partial charge in [0.25, 0.3) is 0 Å². The number of carbonyl (C=O) groups is 2. The van der Waals surface area contributed by atoms with Crippen LogP contribution in [0, 0.1) is 0 Å². The molecule has 2 aromatic rings. The molecule has 0 N–H and O–H groups in total. The van der Waals surface area contributed by atoms with Crippen LogP contribution in [-0.2, 0) is 25.5 Å². The molecule has 1 amide bonds. The van der Waals surface area contributed by atoms with Crippen molar-refractivity contribution < 1.29 is 18.9 Å². The van der Waals surface area contributed by atoms with E-state index >= 15 is 0 Å². The number of allylic oxidation sites excluding steroid dienone is 2. The number of unbranched alkanes of at least 4 members (excludes halogenated alkanes) is 6. The van der Waals surface area contributed by atoms with E-state index in [9.17, 15) is 14.1 Å². The first kappa shape index (κ1) is 27.4. The van der Waals surface area contributed by atoms with Crippen LogP contribution < -0.4 is 4.90 Å². The zero-order valence-corrected chi connectivity index (χ0v) is 21.0. The predicted molar refractivity (Wildman–Crippen MR) is 139 cm³/mol. The monoisotopic (exact) mass is 481 g/mol. The van der Waals surface area contributed by atoms with Crippen LogP contribution in [0.4, 0.5) is 5.69 Å². The molecular weight excluding hydrogens is 446 g/mol. The van der Waals surface area contributed by atoms with E-state index in [-0.39, 0.29) is 10.8 Å². The fourth-order valence-corrected chi connectivity index (χ4v) is 4.42. The second-order valence-electron chi connectivity index (χ2n) is 7.94. The molecule has 0 saturated heterocycles. The van der Waals surface area contributed by atoms with Crippen molar-refractivity contribution in [2.24, 2.45) is 0 Å². The molecule has 0 radical (unpaired) electrons. The van der Waals surface area contributed by atoms with Crippen molar-refractivity contribution in [1.82, 2.24) is 0 Å². The Morgan fingerprint density at radius 2 is 1.50 bits per heavy atom. The van der Waals surface area contributed by atoms with E-state index in [1.165, 1.54) is 43.6 Å². The van der Waals surface area contributed by atoms with Gasteiger partial charge in [0, 0.05) is 36.1 Å². The van der Waals surface area contributed by atoms with Gasteiger partial charge in [-0.15, -0.1) is 0 Å². The summed E-state index contributed by atoms with van der Waals surface area (Å²) < 4.78 is 18.6. The number of rotatable bonds is 14. The number of anilines is 1. The van der Waals surface area contributed by atoms with Crippen molar-refractivity contribution in [3.8, 4) is 0 Å². The summed E-state index contributed by atoms with van der Waals surface area (Å²) in [5.41, 5.74) is 0.701. The average Bonchev–Trinajstić information content (AvgIpc) is 2.86. The fourth-order valence-electron chi connectivity index (χ4n) is 3.35. The van der Waals surface area contributed by atoms with Gasteiger partial charge in [-0.05, 0) is 36.8 Å². The molecule has 2 rings (SSSR count). The molecular formula is C28H35NO4S. The summed E-state index contributed by atoms with van der Waals surface area (Å²) in [6.45, 7) is 3.95. The van der Waals surface area contributed by atoms with Crippen LogP contribution in [0.1, 0.15) is 58.8 Å². The van der Waals surface area contributed by atoms with Crippen LogP contribution in [0.3, 0.4) is 0 Å². The molecule has 0 spiro atoms. The molecule has 5 nitrogen and oxygen atoms in total. The van der Waals surface area contributed by atoms with Crippen molar-refractivity contribution in [3.05, 3.63) is 83.9 Å². The molecule has 1 unspecified atom stereocenters. The number of amides is 1. The molecule has 0 aliphatic carbocycles. The lowest BCUT2D eigenvalue weighted by Gasteiger charge is -2.16. The van der Waals surface area contributed by atoms with E-state index in [1.807, 2.05) is 36.4 Å². The summed E-state index contributed by atoms with van der Waals surface area (Å²) in [5.74, 6) is -0.782. The van der Waals surface area contributed by atoms with E-state index in [4.69, 9.17) is 4.74 Å². The maximum absolute atomic E-state index is 13.1. The van der Waals surface area contributed by atoms with Gasteiger partial charge >= 0.3 is 5.97 Å². The van der Waals surface area contributed by atoms with Gasteiger partial charge in [-0.1, -0.05) is 81.8 Å². The lowest BCUT2D eigenvalue weighted by molar-refractivity contribution is -0.138. The van der Waals surface area contributed by atoms with Gasteiger partial charge in [0.2, 0.25) is 10.8 Å². The summed E-state index contributed by atoms with van der Waals surface area (Å²) in [6, 6.07) is 18.0. The third-order valence-corrected chi connectivity index (χ3v) is 6.60. The first-order valence-corrected chi connectivity index (χ1v) is 13.1. The Bertz CT molecular complexity index is 928. The summed E-state index contributed by atoms with van der Waals surface area (Å²) in [6.07, 6.45) is 12.4. The first-order valence-electron chi connectivity index (χ1n) is 11.9. The maximum Gasteiger partial charge on any atom is 0.387 e. The van der Waals surface area contributed by atoms with Crippen molar-refractivity contribution in [2.45, 2.75) is 63.7 Å². The highest BCUT2D eigenvalue weighted by atomic mass is 32.2. The normalized spacial score (nSPS) is 12.5. The molecule has 0 aliphatic rings. The Morgan fingerprint density at radius 3 is 2.12 bits per heavy atom. The molecule has 0 saturated carbocycles. The number of carbonyl (C=O) groups excluding carboxylic acids is 2. The molecule has 0 aromatic heterocycles. The second kappa shape index (κ2) is 15.9. The Labute approximate surface area is 206 Å². The Balaban J connectivity index is 2.08. The number of nitrogens with zero attached hydrogens (tertiary/aromatic N) is 1. The van der Waals surface area contributed by atoms with Crippen LogP contribution in [0.2, 0.25) is 0 Å². The minimum atomic E-state index is -1.70. The minimum absolute atomic E-state index is 0.0435. The number of para-hydroxylation sites is 1. The highest BCUT2D eigenvalue weighted by Crippen LogP contribution is 2.21. The van der Waals surface area contributed by atoms with E-state index in [0.717, 1.165) is 19.3 Å². The van der Waals surface area contributed by atoms with Gasteiger partial charge in [-0.2, -0.15) is 0 Å². The van der Waals surface area contributed by atoms with Crippen molar-refractivity contribution in [3.63, 3.8) is 0 Å². The summed E-state index contributed by atoms with van der Waals surface area (Å²) in [4.78, 5) is 26.9. The third kappa shape index (κ3) is 9.57. The third-order valence-electron chi connectivity index (χ3n) is 5.20. The largest absolute Gasteiger partial charge is 0.606 e. The summed E-state index contributed by atoms with van der Waals surface area (Å²) in [5, 5.41) is 0. The van der Waals surface area contributed by atoms with Crippen LogP contribution in [0.5, 0.6) is 0 Å². The summed E-state index contributed by atoms with van der Waals surface area (Å²) >= 11 is -1.70. The first-order chi connectivity index (χ1) is 16.5. The molecule has 2 aromatic carbocycles. The van der Waals surface area contributed by atoms with Gasteiger partial charge in [-0.3, -0.25) is 9.69 Å². The van der Waals surface area contributed by atoms with Crippen molar-refractivity contribution >= 4 is 28.7 Å². The molecule has 0 fully saturated rings. The predicted octanol–water partition coefficient (Wildman–Crippen LogP) is 6.54. The number of hydrogen-bond donors (Lipinski definition) is 0. The molecule has 182 valence electrons. The van der Waals surface area contributed by atoms with Crippen LogP contribution in [0.15, 0.2) is 88.8 Å².